The maximum absolute atomic E-state index is 11.7. The Morgan fingerprint density at radius 1 is 1.14 bits per heavy atom. The van der Waals surface area contributed by atoms with Crippen LogP contribution < -0.4 is 0 Å². The molecule has 2 rings (SSSR count). The number of likely N-dealkylation sites (N-methyl/N-ethyl adjacent to an activating group) is 1. The van der Waals surface area contributed by atoms with Gasteiger partial charge in [0.1, 0.15) is 6.54 Å². The van der Waals surface area contributed by atoms with Gasteiger partial charge in [-0.1, -0.05) is 48.5 Å². The molecule has 2 aromatic carbocycles. The van der Waals surface area contributed by atoms with Crippen molar-refractivity contribution in [3.05, 3.63) is 66.2 Å². The maximum Gasteiger partial charge on any atom is 0.247 e. The highest BCUT2D eigenvalue weighted by Crippen LogP contribution is 2.20. The van der Waals surface area contributed by atoms with Gasteiger partial charge in [0.05, 0.1) is 6.07 Å². The molecule has 0 aliphatic heterocycles. The van der Waals surface area contributed by atoms with Crippen LogP contribution in [-0.4, -0.2) is 24.4 Å². The number of hydrogen-bond acceptors (Lipinski definition) is 2. The van der Waals surface area contributed by atoms with E-state index in [4.69, 9.17) is 5.26 Å². The van der Waals surface area contributed by atoms with Crippen molar-refractivity contribution in [1.29, 1.82) is 5.26 Å². The van der Waals surface area contributed by atoms with Gasteiger partial charge >= 0.3 is 0 Å². The molecular weight excluding hydrogens is 260 g/mol. The minimum Gasteiger partial charge on any atom is -0.329 e. The zero-order valence-corrected chi connectivity index (χ0v) is 11.9. The molecule has 0 atom stereocenters. The predicted octanol–water partition coefficient (Wildman–Crippen LogP) is 3.35. The van der Waals surface area contributed by atoms with Crippen LogP contribution in [0.3, 0.4) is 0 Å². The molecule has 0 heterocycles. The van der Waals surface area contributed by atoms with Gasteiger partial charge in [0, 0.05) is 13.1 Å². The summed E-state index contributed by atoms with van der Waals surface area (Å²) < 4.78 is 0. The van der Waals surface area contributed by atoms with Crippen LogP contribution in [0, 0.1) is 11.3 Å². The summed E-state index contributed by atoms with van der Waals surface area (Å²) in [5.41, 5.74) is 3.20. The van der Waals surface area contributed by atoms with Crippen molar-refractivity contribution in [1.82, 2.24) is 4.90 Å². The summed E-state index contributed by atoms with van der Waals surface area (Å²) >= 11 is 0. The average molecular weight is 276 g/mol. The normalized spacial score (nSPS) is 10.3. The molecule has 0 saturated heterocycles. The molecule has 0 aromatic heterocycles. The van der Waals surface area contributed by atoms with Crippen LogP contribution in [0.25, 0.3) is 17.2 Å². The second-order valence-corrected chi connectivity index (χ2v) is 4.68. The van der Waals surface area contributed by atoms with Gasteiger partial charge in [-0.05, 0) is 28.8 Å². The third-order valence-corrected chi connectivity index (χ3v) is 3.10. The van der Waals surface area contributed by atoms with Crippen LogP contribution in [0.15, 0.2) is 60.7 Å². The molecule has 0 spiro atoms. The van der Waals surface area contributed by atoms with Crippen LogP contribution in [0.5, 0.6) is 0 Å². The molecular formula is C18H16N2O. The first kappa shape index (κ1) is 14.5. The molecule has 0 radical (unpaired) electrons. The predicted molar refractivity (Wildman–Crippen MR) is 84.2 cm³/mol. The summed E-state index contributed by atoms with van der Waals surface area (Å²) in [6.07, 6.45) is 3.25. The highest BCUT2D eigenvalue weighted by atomic mass is 16.2. The van der Waals surface area contributed by atoms with E-state index in [1.54, 1.807) is 13.1 Å². The molecule has 0 saturated carbocycles. The summed E-state index contributed by atoms with van der Waals surface area (Å²) in [5, 5.41) is 8.57. The van der Waals surface area contributed by atoms with E-state index in [1.807, 2.05) is 48.5 Å². The molecule has 0 bridgehead atoms. The van der Waals surface area contributed by atoms with E-state index in [9.17, 15) is 4.79 Å². The first-order valence-corrected chi connectivity index (χ1v) is 6.66. The summed E-state index contributed by atoms with van der Waals surface area (Å²) in [6, 6.07) is 20.0. The Labute approximate surface area is 124 Å². The highest BCUT2D eigenvalue weighted by molar-refractivity contribution is 5.91. The van der Waals surface area contributed by atoms with E-state index in [0.717, 1.165) is 16.7 Å². The smallest absolute Gasteiger partial charge is 0.247 e. The minimum atomic E-state index is -0.179. The Morgan fingerprint density at radius 3 is 2.57 bits per heavy atom. The van der Waals surface area contributed by atoms with Crippen molar-refractivity contribution >= 4 is 12.0 Å². The Balaban J connectivity index is 2.16. The lowest BCUT2D eigenvalue weighted by Crippen LogP contribution is -2.24. The molecule has 0 aliphatic carbocycles. The van der Waals surface area contributed by atoms with Gasteiger partial charge in [0.15, 0.2) is 0 Å². The zero-order valence-electron chi connectivity index (χ0n) is 11.9. The van der Waals surface area contributed by atoms with Crippen LogP contribution in [0.1, 0.15) is 5.56 Å². The van der Waals surface area contributed by atoms with Crippen molar-refractivity contribution in [3.8, 4) is 17.2 Å². The topological polar surface area (TPSA) is 44.1 Å². The number of amides is 1. The van der Waals surface area contributed by atoms with E-state index in [-0.39, 0.29) is 12.5 Å². The van der Waals surface area contributed by atoms with Gasteiger partial charge in [0.25, 0.3) is 0 Å². The molecule has 21 heavy (non-hydrogen) atoms. The molecule has 104 valence electrons. The van der Waals surface area contributed by atoms with E-state index < -0.39 is 0 Å². The van der Waals surface area contributed by atoms with Gasteiger partial charge in [0.2, 0.25) is 5.91 Å². The van der Waals surface area contributed by atoms with Crippen LogP contribution in [0.2, 0.25) is 0 Å². The first-order chi connectivity index (χ1) is 10.2. The first-order valence-electron chi connectivity index (χ1n) is 6.66. The third-order valence-electron chi connectivity index (χ3n) is 3.10. The van der Waals surface area contributed by atoms with Crippen molar-refractivity contribution in [2.24, 2.45) is 0 Å². The maximum atomic E-state index is 11.7. The molecule has 1 amide bonds. The van der Waals surface area contributed by atoms with Crippen LogP contribution in [-0.2, 0) is 4.79 Å². The molecule has 0 N–H and O–H groups in total. The fraction of sp³-hybridized carbons (Fsp3) is 0.111. The largest absolute Gasteiger partial charge is 0.329 e. The second kappa shape index (κ2) is 7.06. The van der Waals surface area contributed by atoms with E-state index >= 15 is 0 Å². The van der Waals surface area contributed by atoms with Crippen molar-refractivity contribution < 1.29 is 4.79 Å². The number of nitriles is 1. The number of hydrogen-bond donors (Lipinski definition) is 0. The Kier molecular flexibility index (Phi) is 4.89. The van der Waals surface area contributed by atoms with E-state index in [0.29, 0.717) is 0 Å². The fourth-order valence-electron chi connectivity index (χ4n) is 1.93. The van der Waals surface area contributed by atoms with Gasteiger partial charge in [-0.25, -0.2) is 0 Å². The Hall–Kier alpha value is -2.86. The van der Waals surface area contributed by atoms with E-state index in [2.05, 4.69) is 12.1 Å². The SMILES string of the molecule is CN(CC#N)C(=O)C=Cc1cccc(-c2ccccc2)c1. The summed E-state index contributed by atoms with van der Waals surface area (Å²) in [5.74, 6) is -0.179. The molecule has 3 nitrogen and oxygen atoms in total. The van der Waals surface area contributed by atoms with Gasteiger partial charge < -0.3 is 4.90 Å². The van der Waals surface area contributed by atoms with Gasteiger partial charge in [-0.15, -0.1) is 0 Å². The van der Waals surface area contributed by atoms with Crippen molar-refractivity contribution in [3.63, 3.8) is 0 Å². The van der Waals surface area contributed by atoms with Crippen molar-refractivity contribution in [2.75, 3.05) is 13.6 Å². The standard InChI is InChI=1S/C18H16N2O/c1-20(13-12-19)18(21)11-10-15-6-5-9-17(14-15)16-7-3-2-4-8-16/h2-11,14H,13H2,1H3. The quantitative estimate of drug-likeness (QED) is 0.635. The number of benzene rings is 2. The number of carbonyl (C=O) groups is 1. The molecule has 2 aromatic rings. The minimum absolute atomic E-state index is 0.0905. The van der Waals surface area contributed by atoms with Crippen LogP contribution in [0.4, 0.5) is 0 Å². The van der Waals surface area contributed by atoms with Gasteiger partial charge in [-0.2, -0.15) is 5.26 Å². The lowest BCUT2D eigenvalue weighted by atomic mass is 10.0. The van der Waals surface area contributed by atoms with Crippen LogP contribution >= 0.6 is 0 Å². The molecule has 0 fully saturated rings. The van der Waals surface area contributed by atoms with Crippen molar-refractivity contribution in [2.45, 2.75) is 0 Å². The molecule has 0 aliphatic rings. The zero-order chi connectivity index (χ0) is 15.1. The molecule has 3 heteroatoms. The lowest BCUT2D eigenvalue weighted by Gasteiger charge is -2.09. The van der Waals surface area contributed by atoms with Gasteiger partial charge in [-0.3, -0.25) is 4.79 Å². The number of nitrogens with zero attached hydrogens (tertiary/aromatic N) is 2. The fourth-order valence-corrected chi connectivity index (χ4v) is 1.93. The summed E-state index contributed by atoms with van der Waals surface area (Å²) in [7, 11) is 1.61. The van der Waals surface area contributed by atoms with E-state index in [1.165, 1.54) is 11.0 Å². The second-order valence-electron chi connectivity index (χ2n) is 4.68. The Bertz CT molecular complexity index is 684. The monoisotopic (exact) mass is 276 g/mol. The average Bonchev–Trinajstić information content (AvgIpc) is 2.54. The summed E-state index contributed by atoms with van der Waals surface area (Å²) in [4.78, 5) is 13.1. The number of carbonyl (C=O) groups excluding carboxylic acids is 1. The highest BCUT2D eigenvalue weighted by Gasteiger charge is 2.03. The summed E-state index contributed by atoms with van der Waals surface area (Å²) in [6.45, 7) is 0.0905. The third kappa shape index (κ3) is 4.05. The lowest BCUT2D eigenvalue weighted by molar-refractivity contribution is -0.124. The molecule has 0 unspecified atom stereocenters. The number of rotatable bonds is 4. The Morgan fingerprint density at radius 2 is 1.86 bits per heavy atom.